The van der Waals surface area contributed by atoms with Gasteiger partial charge in [0.25, 0.3) is 0 Å². The Bertz CT molecular complexity index is 491. The van der Waals surface area contributed by atoms with Crippen LogP contribution in [0.2, 0.25) is 0 Å². The van der Waals surface area contributed by atoms with Crippen LogP contribution in [0.1, 0.15) is 64.7 Å². The van der Waals surface area contributed by atoms with Gasteiger partial charge in [-0.2, -0.15) is 0 Å². The molecule has 0 amide bonds. The Morgan fingerprint density at radius 1 is 1.10 bits per heavy atom. The number of hydrogen-bond acceptors (Lipinski definition) is 1. The number of benzene rings is 1. The van der Waals surface area contributed by atoms with E-state index in [0.717, 1.165) is 12.8 Å². The van der Waals surface area contributed by atoms with Crippen LogP contribution in [0.15, 0.2) is 18.2 Å². The molecule has 2 rings (SSSR count). The van der Waals surface area contributed by atoms with E-state index < -0.39 is 0 Å². The predicted molar refractivity (Wildman–Crippen MR) is 90.6 cm³/mol. The minimum absolute atomic E-state index is 0.163. The van der Waals surface area contributed by atoms with Gasteiger partial charge in [0.2, 0.25) is 0 Å². The van der Waals surface area contributed by atoms with E-state index in [1.807, 2.05) is 0 Å². The quantitative estimate of drug-likeness (QED) is 0.714. The molecule has 21 heavy (non-hydrogen) atoms. The van der Waals surface area contributed by atoms with E-state index >= 15 is 0 Å². The molecule has 1 fully saturated rings. The minimum Gasteiger partial charge on any atom is -0.367 e. The van der Waals surface area contributed by atoms with Crippen LogP contribution < -0.4 is 0 Å². The van der Waals surface area contributed by atoms with Gasteiger partial charge in [-0.05, 0) is 55.6 Å². The summed E-state index contributed by atoms with van der Waals surface area (Å²) in [6, 6.07) is 6.86. The molecule has 0 saturated carbocycles. The second-order valence-corrected chi connectivity index (χ2v) is 7.19. The van der Waals surface area contributed by atoms with E-state index in [-0.39, 0.29) is 5.60 Å². The Balaban J connectivity index is 2.51. The molecule has 5 atom stereocenters. The second-order valence-electron chi connectivity index (χ2n) is 7.19. The summed E-state index contributed by atoms with van der Waals surface area (Å²) in [4.78, 5) is 0. The first kappa shape index (κ1) is 16.5. The SMILES string of the molecule is CCc1ccc(C)cc1C1(C)OC(CC)C(C)C(C)C1C. The third-order valence-corrected chi connectivity index (χ3v) is 6.05. The summed E-state index contributed by atoms with van der Waals surface area (Å²) in [5.41, 5.74) is 4.02. The fourth-order valence-corrected chi connectivity index (χ4v) is 4.05. The first-order valence-electron chi connectivity index (χ1n) is 8.62. The van der Waals surface area contributed by atoms with Crippen LogP contribution in [0.5, 0.6) is 0 Å². The highest BCUT2D eigenvalue weighted by Gasteiger charge is 2.47. The van der Waals surface area contributed by atoms with Crippen LogP contribution in [0.3, 0.4) is 0 Å². The lowest BCUT2D eigenvalue weighted by atomic mass is 9.67. The highest BCUT2D eigenvalue weighted by Crippen LogP contribution is 2.48. The highest BCUT2D eigenvalue weighted by atomic mass is 16.5. The maximum Gasteiger partial charge on any atom is 0.0937 e. The average Bonchev–Trinajstić information content (AvgIpc) is 2.49. The summed E-state index contributed by atoms with van der Waals surface area (Å²) >= 11 is 0. The summed E-state index contributed by atoms with van der Waals surface area (Å²) < 4.78 is 6.70. The van der Waals surface area contributed by atoms with Crippen molar-refractivity contribution in [1.29, 1.82) is 0 Å². The van der Waals surface area contributed by atoms with Gasteiger partial charge in [-0.15, -0.1) is 0 Å². The molecule has 1 aromatic carbocycles. The summed E-state index contributed by atoms with van der Waals surface area (Å²) in [7, 11) is 0. The zero-order chi connectivity index (χ0) is 15.8. The van der Waals surface area contributed by atoms with Crippen molar-refractivity contribution in [2.75, 3.05) is 0 Å². The molecule has 5 unspecified atom stereocenters. The largest absolute Gasteiger partial charge is 0.367 e. The van der Waals surface area contributed by atoms with E-state index in [2.05, 4.69) is 66.7 Å². The Hall–Kier alpha value is -0.820. The Morgan fingerprint density at radius 3 is 2.33 bits per heavy atom. The molecule has 1 heterocycles. The lowest BCUT2D eigenvalue weighted by Gasteiger charge is -2.51. The molecule has 0 N–H and O–H groups in total. The van der Waals surface area contributed by atoms with Crippen LogP contribution in [-0.4, -0.2) is 6.10 Å². The molecule has 0 radical (unpaired) electrons. The van der Waals surface area contributed by atoms with Crippen molar-refractivity contribution in [3.05, 3.63) is 34.9 Å². The maximum atomic E-state index is 6.70. The van der Waals surface area contributed by atoms with Gasteiger partial charge < -0.3 is 4.74 Å². The molecule has 1 heteroatoms. The molecule has 0 spiro atoms. The van der Waals surface area contributed by atoms with E-state index in [0.29, 0.717) is 23.9 Å². The van der Waals surface area contributed by atoms with Crippen LogP contribution in [0.25, 0.3) is 0 Å². The Kier molecular flexibility index (Phi) is 4.82. The van der Waals surface area contributed by atoms with E-state index in [1.165, 1.54) is 16.7 Å². The molecule has 0 aromatic heterocycles. The first-order chi connectivity index (χ1) is 9.85. The topological polar surface area (TPSA) is 9.23 Å². The molecular formula is C20H32O. The summed E-state index contributed by atoms with van der Waals surface area (Å²) in [6.45, 7) is 16.1. The maximum absolute atomic E-state index is 6.70. The van der Waals surface area contributed by atoms with Crippen molar-refractivity contribution < 1.29 is 4.74 Å². The van der Waals surface area contributed by atoms with Gasteiger partial charge in [-0.25, -0.2) is 0 Å². The van der Waals surface area contributed by atoms with Gasteiger partial charge in [0.15, 0.2) is 0 Å². The van der Waals surface area contributed by atoms with Gasteiger partial charge in [0.05, 0.1) is 11.7 Å². The average molecular weight is 288 g/mol. The van der Waals surface area contributed by atoms with Crippen molar-refractivity contribution in [1.82, 2.24) is 0 Å². The third kappa shape index (κ3) is 2.77. The lowest BCUT2D eigenvalue weighted by molar-refractivity contribution is -0.199. The number of aryl methyl sites for hydroxylation is 2. The number of rotatable bonds is 3. The summed E-state index contributed by atoms with van der Waals surface area (Å²) in [5.74, 6) is 1.84. The zero-order valence-electron chi connectivity index (χ0n) is 14.9. The molecule has 0 aliphatic carbocycles. The second kappa shape index (κ2) is 6.12. The smallest absolute Gasteiger partial charge is 0.0937 e. The first-order valence-corrected chi connectivity index (χ1v) is 8.62. The van der Waals surface area contributed by atoms with Crippen LogP contribution in [0, 0.1) is 24.7 Å². The van der Waals surface area contributed by atoms with Crippen LogP contribution in [0.4, 0.5) is 0 Å². The Labute approximate surface area is 131 Å². The minimum atomic E-state index is -0.163. The van der Waals surface area contributed by atoms with Gasteiger partial charge >= 0.3 is 0 Å². The molecule has 1 saturated heterocycles. The molecule has 1 aliphatic rings. The monoisotopic (exact) mass is 288 g/mol. The standard InChI is InChI=1S/C20H32O/c1-8-17-11-10-13(3)12-18(17)20(7)16(6)14(4)15(5)19(9-2)21-20/h10-12,14-16,19H,8-9H2,1-7H3. The lowest BCUT2D eigenvalue weighted by Crippen LogP contribution is -2.50. The highest BCUT2D eigenvalue weighted by molar-refractivity contribution is 5.37. The van der Waals surface area contributed by atoms with E-state index in [1.54, 1.807) is 0 Å². The van der Waals surface area contributed by atoms with Crippen LogP contribution in [-0.2, 0) is 16.8 Å². The normalized spacial score (nSPS) is 36.7. The third-order valence-electron chi connectivity index (χ3n) is 6.05. The van der Waals surface area contributed by atoms with Gasteiger partial charge in [0, 0.05) is 0 Å². The fourth-order valence-electron chi connectivity index (χ4n) is 4.05. The van der Waals surface area contributed by atoms with E-state index in [4.69, 9.17) is 4.74 Å². The fraction of sp³-hybridized carbons (Fsp3) is 0.700. The summed E-state index contributed by atoms with van der Waals surface area (Å²) in [5, 5.41) is 0. The van der Waals surface area contributed by atoms with Crippen molar-refractivity contribution in [3.63, 3.8) is 0 Å². The van der Waals surface area contributed by atoms with Crippen molar-refractivity contribution in [2.24, 2.45) is 17.8 Å². The van der Waals surface area contributed by atoms with Crippen molar-refractivity contribution in [2.45, 2.75) is 73.0 Å². The van der Waals surface area contributed by atoms with Gasteiger partial charge in [-0.3, -0.25) is 0 Å². The van der Waals surface area contributed by atoms with Gasteiger partial charge in [-0.1, -0.05) is 58.4 Å². The summed E-state index contributed by atoms with van der Waals surface area (Å²) in [6.07, 6.45) is 2.54. The molecule has 1 aromatic rings. The molecular weight excluding hydrogens is 256 g/mol. The van der Waals surface area contributed by atoms with Crippen molar-refractivity contribution >= 4 is 0 Å². The number of hydrogen-bond donors (Lipinski definition) is 0. The number of ether oxygens (including phenoxy) is 1. The molecule has 0 bridgehead atoms. The van der Waals surface area contributed by atoms with Crippen molar-refractivity contribution in [3.8, 4) is 0 Å². The molecule has 118 valence electrons. The predicted octanol–water partition coefficient (Wildman–Crippen LogP) is 5.49. The van der Waals surface area contributed by atoms with E-state index in [9.17, 15) is 0 Å². The molecule has 1 aliphatic heterocycles. The Morgan fingerprint density at radius 2 is 1.76 bits per heavy atom. The molecule has 1 nitrogen and oxygen atoms in total. The van der Waals surface area contributed by atoms with Gasteiger partial charge in [0.1, 0.15) is 0 Å². The zero-order valence-corrected chi connectivity index (χ0v) is 14.9. The van der Waals surface area contributed by atoms with Crippen LogP contribution >= 0.6 is 0 Å².